The molecule has 0 aliphatic carbocycles. The van der Waals surface area contributed by atoms with E-state index in [9.17, 15) is 0 Å². The molecule has 0 N–H and O–H groups in total. The highest BCUT2D eigenvalue weighted by molar-refractivity contribution is 4.88. The number of azide groups is 2. The van der Waals surface area contributed by atoms with Gasteiger partial charge in [0.25, 0.3) is 0 Å². The molecule has 16 heavy (non-hydrogen) atoms. The average molecular weight is 224 g/mol. The lowest BCUT2D eigenvalue weighted by Gasteiger charge is -2.33. The molecule has 0 aromatic carbocycles. The third-order valence-electron chi connectivity index (χ3n) is 2.03. The van der Waals surface area contributed by atoms with Crippen molar-refractivity contribution >= 4 is 0 Å². The standard InChI is InChI=1S/C6H12N10/c1-3-16(4-2)6(11-14-8,12-15-9)5-10-13-7/h3-5H2,1-2H3. The van der Waals surface area contributed by atoms with Crippen LogP contribution >= 0.6 is 0 Å². The van der Waals surface area contributed by atoms with E-state index in [0.29, 0.717) is 13.1 Å². The summed E-state index contributed by atoms with van der Waals surface area (Å²) in [5.41, 5.74) is 25.2. The van der Waals surface area contributed by atoms with Crippen molar-refractivity contribution in [2.45, 2.75) is 19.6 Å². The van der Waals surface area contributed by atoms with Crippen LogP contribution in [-0.4, -0.2) is 30.3 Å². The zero-order valence-electron chi connectivity index (χ0n) is 9.09. The highest BCUT2D eigenvalue weighted by Crippen LogP contribution is 2.20. The topological polar surface area (TPSA) is 150 Å². The first kappa shape index (κ1) is 13.9. The van der Waals surface area contributed by atoms with Gasteiger partial charge in [0.2, 0.25) is 0 Å². The molecular weight excluding hydrogens is 212 g/mol. The maximum Gasteiger partial charge on any atom is 0.185 e. The minimum absolute atomic E-state index is 0.237. The molecule has 0 bridgehead atoms. The summed E-state index contributed by atoms with van der Waals surface area (Å²) in [4.78, 5) is 9.44. The van der Waals surface area contributed by atoms with E-state index in [-0.39, 0.29) is 6.54 Å². The van der Waals surface area contributed by atoms with Crippen molar-refractivity contribution in [3.8, 4) is 0 Å². The molecule has 0 aromatic heterocycles. The maximum atomic E-state index is 8.48. The van der Waals surface area contributed by atoms with E-state index >= 15 is 0 Å². The lowest BCUT2D eigenvalue weighted by molar-refractivity contribution is 0.119. The average Bonchev–Trinajstić information content (AvgIpc) is 2.28. The van der Waals surface area contributed by atoms with Crippen molar-refractivity contribution in [1.29, 1.82) is 0 Å². The van der Waals surface area contributed by atoms with Crippen LogP contribution in [-0.2, 0) is 0 Å². The van der Waals surface area contributed by atoms with Crippen molar-refractivity contribution < 1.29 is 0 Å². The van der Waals surface area contributed by atoms with Gasteiger partial charge in [-0.3, -0.25) is 4.90 Å². The summed E-state index contributed by atoms with van der Waals surface area (Å²) < 4.78 is 0. The van der Waals surface area contributed by atoms with Gasteiger partial charge in [-0.1, -0.05) is 29.2 Å². The van der Waals surface area contributed by atoms with E-state index in [1.807, 2.05) is 13.8 Å². The zero-order valence-corrected chi connectivity index (χ0v) is 9.09. The van der Waals surface area contributed by atoms with Gasteiger partial charge in [-0.2, -0.15) is 0 Å². The second-order valence-electron chi connectivity index (χ2n) is 2.71. The Labute approximate surface area is 91.7 Å². The van der Waals surface area contributed by atoms with Crippen molar-refractivity contribution in [2.24, 2.45) is 15.3 Å². The minimum atomic E-state index is -1.50. The Bertz CT molecular complexity index is 334. The molecular formula is C6H12N10. The van der Waals surface area contributed by atoms with E-state index in [1.54, 1.807) is 4.90 Å². The molecule has 0 fully saturated rings. The van der Waals surface area contributed by atoms with Crippen molar-refractivity contribution in [3.63, 3.8) is 0 Å². The van der Waals surface area contributed by atoms with Crippen LogP contribution in [0, 0.1) is 0 Å². The fourth-order valence-corrected chi connectivity index (χ4v) is 1.31. The van der Waals surface area contributed by atoms with Gasteiger partial charge in [-0.05, 0) is 29.7 Å². The Kier molecular flexibility index (Phi) is 6.27. The van der Waals surface area contributed by atoms with Crippen LogP contribution in [0.3, 0.4) is 0 Å². The van der Waals surface area contributed by atoms with Gasteiger partial charge in [0.1, 0.15) is 0 Å². The molecule has 10 heteroatoms. The number of hydrogen-bond acceptors (Lipinski definition) is 4. The maximum absolute atomic E-state index is 8.48. The molecule has 0 aliphatic heterocycles. The third kappa shape index (κ3) is 3.23. The SMILES string of the molecule is CCN(CC)C(CN=[N+]=[N-])(N=[N+]=[N-])N=[N+]=[N-]. The first-order valence-electron chi connectivity index (χ1n) is 4.59. The number of rotatable bonds is 7. The smallest absolute Gasteiger partial charge is 0.185 e. The molecule has 0 unspecified atom stereocenters. The van der Waals surface area contributed by atoms with Gasteiger partial charge >= 0.3 is 0 Å². The van der Waals surface area contributed by atoms with Crippen LogP contribution in [0.1, 0.15) is 13.8 Å². The van der Waals surface area contributed by atoms with Gasteiger partial charge in [0.15, 0.2) is 5.79 Å². The van der Waals surface area contributed by atoms with E-state index in [4.69, 9.17) is 16.6 Å². The molecule has 0 saturated carbocycles. The monoisotopic (exact) mass is 224 g/mol. The lowest BCUT2D eigenvalue weighted by Crippen LogP contribution is -2.47. The Morgan fingerprint density at radius 1 is 1.00 bits per heavy atom. The minimum Gasteiger partial charge on any atom is -0.288 e. The van der Waals surface area contributed by atoms with Gasteiger partial charge in [0.05, 0.1) is 6.54 Å². The number of nitrogens with zero attached hydrogens (tertiary/aromatic N) is 10. The molecule has 10 nitrogen and oxygen atoms in total. The Morgan fingerprint density at radius 3 is 1.81 bits per heavy atom. The first-order valence-corrected chi connectivity index (χ1v) is 4.59. The van der Waals surface area contributed by atoms with Crippen LogP contribution in [0.2, 0.25) is 0 Å². The predicted octanol–water partition coefficient (Wildman–Crippen LogP) is 2.91. The summed E-state index contributed by atoms with van der Waals surface area (Å²) in [6.45, 7) is 4.38. The van der Waals surface area contributed by atoms with Crippen molar-refractivity contribution in [1.82, 2.24) is 4.90 Å². The Morgan fingerprint density at radius 2 is 1.50 bits per heavy atom. The second kappa shape index (κ2) is 7.22. The largest absolute Gasteiger partial charge is 0.288 e. The van der Waals surface area contributed by atoms with Gasteiger partial charge < -0.3 is 0 Å². The van der Waals surface area contributed by atoms with Crippen LogP contribution < -0.4 is 0 Å². The molecule has 86 valence electrons. The van der Waals surface area contributed by atoms with Crippen LogP contribution in [0.4, 0.5) is 0 Å². The molecule has 0 rings (SSSR count). The normalized spacial score (nSPS) is 12.9. The fourth-order valence-electron chi connectivity index (χ4n) is 1.31. The van der Waals surface area contributed by atoms with Crippen molar-refractivity contribution in [3.05, 3.63) is 31.3 Å². The van der Waals surface area contributed by atoms with Gasteiger partial charge in [0, 0.05) is 14.7 Å². The highest BCUT2D eigenvalue weighted by Gasteiger charge is 2.32. The molecule has 0 atom stereocenters. The molecule has 0 aromatic rings. The predicted molar refractivity (Wildman–Crippen MR) is 58.0 cm³/mol. The van der Waals surface area contributed by atoms with E-state index < -0.39 is 5.79 Å². The first-order chi connectivity index (χ1) is 7.70. The lowest BCUT2D eigenvalue weighted by atomic mass is 10.3. The summed E-state index contributed by atoms with van der Waals surface area (Å²) in [6, 6.07) is 0. The summed E-state index contributed by atoms with van der Waals surface area (Å²) in [5, 5.41) is 10.2. The Balaban J connectivity index is 5.45. The Hall–Kier alpha value is -2.11. The van der Waals surface area contributed by atoms with E-state index in [2.05, 4.69) is 30.1 Å². The van der Waals surface area contributed by atoms with Crippen LogP contribution in [0.15, 0.2) is 15.3 Å². The molecule has 0 amide bonds. The van der Waals surface area contributed by atoms with E-state index in [0.717, 1.165) is 0 Å². The summed E-state index contributed by atoms with van der Waals surface area (Å²) in [5.74, 6) is -1.50. The van der Waals surface area contributed by atoms with Crippen molar-refractivity contribution in [2.75, 3.05) is 19.6 Å². The molecule has 0 aliphatic rings. The summed E-state index contributed by atoms with van der Waals surface area (Å²) in [7, 11) is 0. The number of likely N-dealkylation sites (N-methyl/N-ethyl adjacent to an activating group) is 1. The summed E-state index contributed by atoms with van der Waals surface area (Å²) in [6.07, 6.45) is 0. The molecule has 0 spiro atoms. The number of hydrogen-bond donors (Lipinski definition) is 0. The van der Waals surface area contributed by atoms with Gasteiger partial charge in [-0.15, -0.1) is 0 Å². The second-order valence-corrected chi connectivity index (χ2v) is 2.71. The highest BCUT2D eigenvalue weighted by atomic mass is 15.5. The zero-order chi connectivity index (χ0) is 12.4. The molecule has 0 saturated heterocycles. The third-order valence-corrected chi connectivity index (χ3v) is 2.03. The fraction of sp³-hybridized carbons (Fsp3) is 1.00. The molecule has 0 heterocycles. The molecule has 0 radical (unpaired) electrons. The van der Waals surface area contributed by atoms with Gasteiger partial charge in [-0.25, -0.2) is 0 Å². The van der Waals surface area contributed by atoms with E-state index in [1.165, 1.54) is 0 Å². The summed E-state index contributed by atoms with van der Waals surface area (Å²) >= 11 is 0. The van der Waals surface area contributed by atoms with Crippen LogP contribution in [0.25, 0.3) is 31.3 Å². The van der Waals surface area contributed by atoms with Crippen LogP contribution in [0.5, 0.6) is 0 Å². The quantitative estimate of drug-likeness (QED) is 0.364.